The van der Waals surface area contributed by atoms with Crippen molar-refractivity contribution in [3.8, 4) is 17.0 Å². The van der Waals surface area contributed by atoms with Gasteiger partial charge in [-0.1, -0.05) is 45.1 Å². The van der Waals surface area contributed by atoms with E-state index in [1.807, 2.05) is 12.3 Å². The summed E-state index contributed by atoms with van der Waals surface area (Å²) < 4.78 is 28.6. The lowest BCUT2D eigenvalue weighted by Crippen LogP contribution is -2.01. The van der Waals surface area contributed by atoms with Crippen LogP contribution in [0.2, 0.25) is 0 Å². The average Bonchev–Trinajstić information content (AvgIpc) is 2.59. The van der Waals surface area contributed by atoms with Crippen LogP contribution < -0.4 is 4.74 Å². The maximum atomic E-state index is 12.1. The van der Waals surface area contributed by atoms with E-state index in [0.717, 1.165) is 17.7 Å². The van der Waals surface area contributed by atoms with E-state index in [1.165, 1.54) is 56.2 Å². The molecule has 2 aromatic rings. The Bertz CT molecular complexity index is 582. The molecule has 0 N–H and O–H groups in total. The molecule has 24 heavy (non-hydrogen) atoms. The predicted molar refractivity (Wildman–Crippen MR) is 93.4 cm³/mol. The topological polar surface area (TPSA) is 22.1 Å². The molecule has 0 amide bonds. The fraction of sp³-hybridized carbons (Fsp3) is 0.450. The van der Waals surface area contributed by atoms with Gasteiger partial charge in [0.15, 0.2) is 0 Å². The number of alkyl halides is 2. The lowest BCUT2D eigenvalue weighted by molar-refractivity contribution is -0.0498. The highest BCUT2D eigenvalue weighted by Crippen LogP contribution is 2.22. The maximum Gasteiger partial charge on any atom is 0.387 e. The largest absolute Gasteiger partial charge is 0.435 e. The SMILES string of the molecule is CCCCCCCCc1ccc(-c2ccc(OC(F)F)cc2)nc1. The Hall–Kier alpha value is -1.97. The molecule has 4 heteroatoms. The fourth-order valence-corrected chi connectivity index (χ4v) is 2.66. The van der Waals surface area contributed by atoms with Crippen LogP contribution in [-0.4, -0.2) is 11.6 Å². The summed E-state index contributed by atoms with van der Waals surface area (Å²) in [5.74, 6) is 0.161. The molecule has 1 aromatic heterocycles. The molecule has 1 aromatic carbocycles. The summed E-state index contributed by atoms with van der Waals surface area (Å²) >= 11 is 0. The number of ether oxygens (including phenoxy) is 1. The molecule has 0 bridgehead atoms. The minimum atomic E-state index is -2.80. The zero-order valence-electron chi connectivity index (χ0n) is 14.2. The van der Waals surface area contributed by atoms with Crippen LogP contribution in [0.15, 0.2) is 42.6 Å². The Morgan fingerprint density at radius 1 is 0.917 bits per heavy atom. The molecule has 0 saturated heterocycles. The number of hydrogen-bond acceptors (Lipinski definition) is 2. The number of aryl methyl sites for hydroxylation is 1. The minimum absolute atomic E-state index is 0.161. The Labute approximate surface area is 142 Å². The van der Waals surface area contributed by atoms with E-state index in [0.29, 0.717) is 0 Å². The summed E-state index contributed by atoms with van der Waals surface area (Å²) in [6.07, 6.45) is 10.7. The van der Waals surface area contributed by atoms with Crippen molar-refractivity contribution in [2.24, 2.45) is 0 Å². The standard InChI is InChI=1S/C20H25F2NO/c1-2-3-4-5-6-7-8-16-9-14-19(23-15-16)17-10-12-18(13-11-17)24-20(21)22/h9-15,20H,2-8H2,1H3. The molecule has 0 aliphatic rings. The van der Waals surface area contributed by atoms with Crippen molar-refractivity contribution in [1.82, 2.24) is 4.98 Å². The van der Waals surface area contributed by atoms with Crippen LogP contribution in [0, 0.1) is 0 Å². The van der Waals surface area contributed by atoms with Gasteiger partial charge in [0, 0.05) is 11.8 Å². The van der Waals surface area contributed by atoms with E-state index in [-0.39, 0.29) is 5.75 Å². The van der Waals surface area contributed by atoms with Gasteiger partial charge in [0.25, 0.3) is 0 Å². The zero-order valence-corrected chi connectivity index (χ0v) is 14.2. The third-order valence-corrected chi connectivity index (χ3v) is 4.02. The number of aromatic nitrogens is 1. The van der Waals surface area contributed by atoms with Gasteiger partial charge in [-0.05, 0) is 48.7 Å². The molecule has 0 spiro atoms. The molecule has 0 aliphatic heterocycles. The van der Waals surface area contributed by atoms with Crippen molar-refractivity contribution >= 4 is 0 Å². The van der Waals surface area contributed by atoms with Crippen molar-refractivity contribution in [2.45, 2.75) is 58.5 Å². The van der Waals surface area contributed by atoms with Crippen molar-refractivity contribution < 1.29 is 13.5 Å². The molecule has 0 unspecified atom stereocenters. The number of nitrogens with zero attached hydrogens (tertiary/aromatic N) is 1. The van der Waals surface area contributed by atoms with Gasteiger partial charge in [-0.15, -0.1) is 0 Å². The van der Waals surface area contributed by atoms with Crippen LogP contribution in [-0.2, 0) is 6.42 Å². The Kier molecular flexibility index (Phi) is 7.66. The number of unbranched alkanes of at least 4 members (excludes halogenated alkanes) is 5. The second kappa shape index (κ2) is 10.0. The van der Waals surface area contributed by atoms with Crippen molar-refractivity contribution in [2.75, 3.05) is 0 Å². The van der Waals surface area contributed by atoms with Gasteiger partial charge in [0.1, 0.15) is 5.75 Å². The smallest absolute Gasteiger partial charge is 0.387 e. The van der Waals surface area contributed by atoms with Gasteiger partial charge in [0.05, 0.1) is 5.69 Å². The molecule has 0 aliphatic carbocycles. The van der Waals surface area contributed by atoms with Gasteiger partial charge in [0.2, 0.25) is 0 Å². The summed E-state index contributed by atoms with van der Waals surface area (Å²) in [6, 6.07) is 10.6. The number of halogens is 2. The highest BCUT2D eigenvalue weighted by atomic mass is 19.3. The van der Waals surface area contributed by atoms with Crippen LogP contribution in [0.5, 0.6) is 5.75 Å². The Balaban J connectivity index is 1.83. The van der Waals surface area contributed by atoms with E-state index in [1.54, 1.807) is 12.1 Å². The quantitative estimate of drug-likeness (QED) is 0.479. The Morgan fingerprint density at radius 3 is 2.25 bits per heavy atom. The van der Waals surface area contributed by atoms with E-state index in [2.05, 4.69) is 22.7 Å². The maximum absolute atomic E-state index is 12.1. The molecule has 0 fully saturated rings. The molecule has 130 valence electrons. The van der Waals surface area contributed by atoms with E-state index in [4.69, 9.17) is 0 Å². The van der Waals surface area contributed by atoms with Gasteiger partial charge in [-0.2, -0.15) is 8.78 Å². The first-order valence-electron chi connectivity index (χ1n) is 8.69. The molecule has 0 saturated carbocycles. The molecule has 2 rings (SSSR count). The summed E-state index contributed by atoms with van der Waals surface area (Å²) in [7, 11) is 0. The summed E-state index contributed by atoms with van der Waals surface area (Å²) in [6.45, 7) is -0.567. The van der Waals surface area contributed by atoms with E-state index >= 15 is 0 Å². The van der Waals surface area contributed by atoms with Crippen molar-refractivity contribution in [3.63, 3.8) is 0 Å². The van der Waals surface area contributed by atoms with Crippen LogP contribution in [0.1, 0.15) is 51.0 Å². The zero-order chi connectivity index (χ0) is 17.2. The van der Waals surface area contributed by atoms with Gasteiger partial charge >= 0.3 is 6.61 Å². The predicted octanol–water partition coefficient (Wildman–Crippen LogP) is 6.25. The molecular weight excluding hydrogens is 308 g/mol. The van der Waals surface area contributed by atoms with E-state index in [9.17, 15) is 8.78 Å². The van der Waals surface area contributed by atoms with Crippen LogP contribution in [0.25, 0.3) is 11.3 Å². The number of hydrogen-bond donors (Lipinski definition) is 0. The van der Waals surface area contributed by atoms with E-state index < -0.39 is 6.61 Å². The number of pyridine rings is 1. The second-order valence-electron chi connectivity index (χ2n) is 5.97. The highest BCUT2D eigenvalue weighted by Gasteiger charge is 2.05. The third kappa shape index (κ3) is 6.26. The number of rotatable bonds is 10. The second-order valence-corrected chi connectivity index (χ2v) is 5.97. The summed E-state index contributed by atoms with van der Waals surface area (Å²) in [5.41, 5.74) is 2.97. The first kappa shape index (κ1) is 18.4. The van der Waals surface area contributed by atoms with Crippen LogP contribution >= 0.6 is 0 Å². The van der Waals surface area contributed by atoms with Gasteiger partial charge < -0.3 is 4.74 Å². The minimum Gasteiger partial charge on any atom is -0.435 e. The average molecular weight is 333 g/mol. The molecule has 2 nitrogen and oxygen atoms in total. The Morgan fingerprint density at radius 2 is 1.62 bits per heavy atom. The lowest BCUT2D eigenvalue weighted by atomic mass is 10.1. The number of benzene rings is 1. The molecule has 0 radical (unpaired) electrons. The first-order valence-corrected chi connectivity index (χ1v) is 8.69. The normalized spacial score (nSPS) is 11.0. The van der Waals surface area contributed by atoms with Gasteiger partial charge in [-0.3, -0.25) is 4.98 Å². The van der Waals surface area contributed by atoms with Crippen LogP contribution in [0.3, 0.4) is 0 Å². The van der Waals surface area contributed by atoms with Gasteiger partial charge in [-0.25, -0.2) is 0 Å². The molecule has 1 heterocycles. The fourth-order valence-electron chi connectivity index (χ4n) is 2.66. The lowest BCUT2D eigenvalue weighted by Gasteiger charge is -2.06. The summed E-state index contributed by atoms with van der Waals surface area (Å²) in [5, 5.41) is 0. The third-order valence-electron chi connectivity index (χ3n) is 4.02. The monoisotopic (exact) mass is 333 g/mol. The first-order chi connectivity index (χ1) is 11.7. The molecule has 0 atom stereocenters. The van der Waals surface area contributed by atoms with Crippen molar-refractivity contribution in [1.29, 1.82) is 0 Å². The highest BCUT2D eigenvalue weighted by molar-refractivity contribution is 5.60. The van der Waals surface area contributed by atoms with Crippen molar-refractivity contribution in [3.05, 3.63) is 48.2 Å². The summed E-state index contributed by atoms with van der Waals surface area (Å²) in [4.78, 5) is 4.48. The van der Waals surface area contributed by atoms with Crippen LogP contribution in [0.4, 0.5) is 8.78 Å². The molecular formula is C20H25F2NO.